The molecule has 6 nitrogen and oxygen atoms in total. The molecule has 0 aliphatic carbocycles. The highest BCUT2D eigenvalue weighted by Gasteiger charge is 2.33. The summed E-state index contributed by atoms with van der Waals surface area (Å²) < 4.78 is 43.9. The highest BCUT2D eigenvalue weighted by molar-refractivity contribution is 5.93. The van der Waals surface area contributed by atoms with E-state index in [1.165, 1.54) is 12.1 Å². The molecule has 3 heterocycles. The van der Waals surface area contributed by atoms with Gasteiger partial charge >= 0.3 is 12.2 Å². The van der Waals surface area contributed by atoms with E-state index in [4.69, 9.17) is 4.52 Å². The molecule has 1 aromatic carbocycles. The Morgan fingerprint density at radius 3 is 2.83 bits per heavy atom. The first-order chi connectivity index (χ1) is 14.3. The second kappa shape index (κ2) is 7.81. The number of hydrogen-bond donors (Lipinski definition) is 1. The lowest BCUT2D eigenvalue weighted by atomic mass is 10.0. The Labute approximate surface area is 170 Å². The normalized spacial score (nSPS) is 14.9. The number of amides is 2. The fraction of sp³-hybridized carbons (Fsp3) is 0.286. The Kier molecular flexibility index (Phi) is 5.19. The Morgan fingerprint density at radius 1 is 1.23 bits per heavy atom. The van der Waals surface area contributed by atoms with Crippen LogP contribution in [-0.4, -0.2) is 22.7 Å². The fourth-order valence-corrected chi connectivity index (χ4v) is 3.45. The van der Waals surface area contributed by atoms with Gasteiger partial charge in [0.25, 0.3) is 0 Å². The average Bonchev–Trinajstić information content (AvgIpc) is 3.23. The van der Waals surface area contributed by atoms with Gasteiger partial charge in [-0.05, 0) is 43.5 Å². The van der Waals surface area contributed by atoms with Crippen LogP contribution in [-0.2, 0) is 12.6 Å². The maximum atomic E-state index is 12.9. The molecule has 0 radical (unpaired) electrons. The number of nitrogens with one attached hydrogen (secondary N) is 1. The Balaban J connectivity index is 1.49. The number of urea groups is 1. The zero-order chi connectivity index (χ0) is 21.3. The quantitative estimate of drug-likeness (QED) is 0.654. The van der Waals surface area contributed by atoms with Crippen molar-refractivity contribution in [3.63, 3.8) is 0 Å². The van der Waals surface area contributed by atoms with Crippen LogP contribution in [0.3, 0.4) is 0 Å². The van der Waals surface area contributed by atoms with Crippen LogP contribution in [0.25, 0.3) is 11.3 Å². The largest absolute Gasteiger partial charge is 0.433 e. The predicted octanol–water partition coefficient (Wildman–Crippen LogP) is 4.98. The molecule has 1 N–H and O–H groups in total. The van der Waals surface area contributed by atoms with E-state index < -0.39 is 17.9 Å². The van der Waals surface area contributed by atoms with Gasteiger partial charge in [0.15, 0.2) is 5.76 Å². The molecule has 9 heteroatoms. The second-order valence-electron chi connectivity index (χ2n) is 7.10. The van der Waals surface area contributed by atoms with Crippen molar-refractivity contribution >= 4 is 11.7 Å². The smallest absolute Gasteiger partial charge is 0.359 e. The number of aromatic nitrogens is 2. The van der Waals surface area contributed by atoms with Crippen molar-refractivity contribution < 1.29 is 22.5 Å². The highest BCUT2D eigenvalue weighted by Crippen LogP contribution is 2.31. The number of halogens is 3. The Morgan fingerprint density at radius 2 is 2.03 bits per heavy atom. The van der Waals surface area contributed by atoms with Gasteiger partial charge in [0.1, 0.15) is 11.4 Å². The number of para-hydroxylation sites is 1. The van der Waals surface area contributed by atoms with Crippen LogP contribution in [0.1, 0.15) is 36.4 Å². The summed E-state index contributed by atoms with van der Waals surface area (Å²) in [4.78, 5) is 17.8. The molecule has 0 bridgehead atoms. The zero-order valence-corrected chi connectivity index (χ0v) is 16.1. The summed E-state index contributed by atoms with van der Waals surface area (Å²) in [6.45, 7) is 2.33. The number of alkyl halides is 3. The van der Waals surface area contributed by atoms with Gasteiger partial charge in [0.05, 0.1) is 6.04 Å². The molecule has 2 aromatic heterocycles. The summed E-state index contributed by atoms with van der Waals surface area (Å²) in [5.41, 5.74) is 1.46. The molecule has 4 rings (SSSR count). The van der Waals surface area contributed by atoms with Crippen LogP contribution in [0.5, 0.6) is 0 Å². The fourth-order valence-electron chi connectivity index (χ4n) is 3.45. The number of benzene rings is 1. The maximum absolute atomic E-state index is 12.9. The number of pyridine rings is 1. The number of rotatable bonds is 3. The van der Waals surface area contributed by atoms with Gasteiger partial charge in [0.2, 0.25) is 0 Å². The van der Waals surface area contributed by atoms with Crippen LogP contribution in [0.4, 0.5) is 23.7 Å². The summed E-state index contributed by atoms with van der Waals surface area (Å²) in [6, 6.07) is 10.8. The van der Waals surface area contributed by atoms with Crippen LogP contribution < -0.4 is 10.2 Å². The molecule has 2 amide bonds. The van der Waals surface area contributed by atoms with E-state index in [0.29, 0.717) is 12.3 Å². The van der Waals surface area contributed by atoms with E-state index >= 15 is 0 Å². The van der Waals surface area contributed by atoms with E-state index in [1.54, 1.807) is 11.8 Å². The first kappa shape index (κ1) is 19.9. The minimum atomic E-state index is -4.55. The van der Waals surface area contributed by atoms with E-state index in [0.717, 1.165) is 36.4 Å². The van der Waals surface area contributed by atoms with Gasteiger partial charge in [-0.3, -0.25) is 9.88 Å². The average molecular weight is 416 g/mol. The van der Waals surface area contributed by atoms with Gasteiger partial charge in [-0.2, -0.15) is 13.2 Å². The van der Waals surface area contributed by atoms with Crippen molar-refractivity contribution in [3.8, 4) is 11.3 Å². The number of fused-ring (bicyclic) bond motifs is 1. The molecule has 3 aromatic rings. The van der Waals surface area contributed by atoms with Gasteiger partial charge in [-0.15, -0.1) is 0 Å². The van der Waals surface area contributed by atoms with E-state index in [-0.39, 0.29) is 17.3 Å². The molecule has 156 valence electrons. The lowest BCUT2D eigenvalue weighted by molar-refractivity contribution is -0.141. The molecule has 0 saturated carbocycles. The Bertz CT molecular complexity index is 1060. The number of anilines is 1. The summed E-state index contributed by atoms with van der Waals surface area (Å²) in [5, 5.41) is 6.72. The second-order valence-corrected chi connectivity index (χ2v) is 7.10. The molecule has 1 aliphatic rings. The molecule has 0 fully saturated rings. The molecular weight excluding hydrogens is 397 g/mol. The SMILES string of the molecule is C[C@@H](NC(=O)N1CCCc2ccccc21)c1cc(-c2ccnc(C(F)(F)F)c2)no1. The van der Waals surface area contributed by atoms with Gasteiger partial charge in [0, 0.05) is 30.1 Å². The number of carbonyl (C=O) groups excluding carboxylic acids is 1. The highest BCUT2D eigenvalue weighted by atomic mass is 19.4. The lowest BCUT2D eigenvalue weighted by Gasteiger charge is -2.30. The summed E-state index contributed by atoms with van der Waals surface area (Å²) in [6.07, 6.45) is -1.68. The molecule has 0 unspecified atom stereocenters. The first-order valence-corrected chi connectivity index (χ1v) is 9.49. The third-order valence-electron chi connectivity index (χ3n) is 5.00. The van der Waals surface area contributed by atoms with Crippen molar-refractivity contribution in [1.29, 1.82) is 0 Å². The monoisotopic (exact) mass is 416 g/mol. The molecule has 0 saturated heterocycles. The molecule has 30 heavy (non-hydrogen) atoms. The number of aryl methyl sites for hydroxylation is 1. The third kappa shape index (κ3) is 4.00. The van der Waals surface area contributed by atoms with Crippen molar-refractivity contribution in [2.24, 2.45) is 0 Å². The maximum Gasteiger partial charge on any atom is 0.433 e. The number of nitrogens with zero attached hydrogens (tertiary/aromatic N) is 3. The zero-order valence-electron chi connectivity index (χ0n) is 16.1. The third-order valence-corrected chi connectivity index (χ3v) is 5.00. The van der Waals surface area contributed by atoms with Gasteiger partial charge < -0.3 is 9.84 Å². The summed E-state index contributed by atoms with van der Waals surface area (Å²) >= 11 is 0. The van der Waals surface area contributed by atoms with E-state index in [9.17, 15) is 18.0 Å². The minimum Gasteiger partial charge on any atom is -0.359 e. The van der Waals surface area contributed by atoms with Gasteiger partial charge in [-0.1, -0.05) is 23.4 Å². The van der Waals surface area contributed by atoms with Crippen LogP contribution >= 0.6 is 0 Å². The molecule has 1 atom stereocenters. The summed E-state index contributed by atoms with van der Waals surface area (Å²) in [7, 11) is 0. The topological polar surface area (TPSA) is 71.3 Å². The number of carbonyl (C=O) groups is 1. The first-order valence-electron chi connectivity index (χ1n) is 9.49. The predicted molar refractivity (Wildman–Crippen MR) is 104 cm³/mol. The van der Waals surface area contributed by atoms with E-state index in [1.807, 2.05) is 24.3 Å². The van der Waals surface area contributed by atoms with Crippen molar-refractivity contribution in [1.82, 2.24) is 15.5 Å². The van der Waals surface area contributed by atoms with Crippen molar-refractivity contribution in [3.05, 3.63) is 65.7 Å². The molecule has 0 spiro atoms. The van der Waals surface area contributed by atoms with Crippen LogP contribution in [0, 0.1) is 0 Å². The molecular formula is C21H19F3N4O2. The Hall–Kier alpha value is -3.36. The van der Waals surface area contributed by atoms with Crippen LogP contribution in [0.15, 0.2) is 53.2 Å². The van der Waals surface area contributed by atoms with Crippen LogP contribution in [0.2, 0.25) is 0 Å². The lowest BCUT2D eigenvalue weighted by Crippen LogP contribution is -2.43. The van der Waals surface area contributed by atoms with Crippen molar-refractivity contribution in [2.75, 3.05) is 11.4 Å². The van der Waals surface area contributed by atoms with Crippen molar-refractivity contribution in [2.45, 2.75) is 32.0 Å². The number of hydrogen-bond acceptors (Lipinski definition) is 4. The van der Waals surface area contributed by atoms with Gasteiger partial charge in [-0.25, -0.2) is 4.79 Å². The minimum absolute atomic E-state index is 0.232. The summed E-state index contributed by atoms with van der Waals surface area (Å²) in [5.74, 6) is 0.342. The standard InChI is InChI=1S/C21H19F3N4O2/c1-13(26-20(29)28-10-4-6-14-5-2-3-7-17(14)28)18-12-16(27-30-18)15-8-9-25-19(11-15)21(22,23)24/h2-3,5,7-9,11-13H,4,6,10H2,1H3,(H,26,29)/t13-/m1/s1. The van der Waals surface area contributed by atoms with E-state index in [2.05, 4.69) is 15.5 Å². The molecule has 1 aliphatic heterocycles.